The van der Waals surface area contributed by atoms with E-state index >= 15 is 0 Å². The summed E-state index contributed by atoms with van der Waals surface area (Å²) in [5.41, 5.74) is 6.58. The molecule has 0 aliphatic carbocycles. The van der Waals surface area contributed by atoms with Gasteiger partial charge in [-0.15, -0.1) is 0 Å². The van der Waals surface area contributed by atoms with Gasteiger partial charge in [-0.2, -0.15) is 19.9 Å². The van der Waals surface area contributed by atoms with Crippen molar-refractivity contribution in [1.82, 2.24) is 39.0 Å². The lowest BCUT2D eigenvalue weighted by molar-refractivity contribution is 0.788. The molecular formula is C29H22N8. The Bertz CT molecular complexity index is 1960. The number of benzene rings is 3. The molecule has 0 atom stereocenters. The molecule has 4 bridgehead atoms. The highest BCUT2D eigenvalue weighted by Gasteiger charge is 2.25. The third-order valence-corrected chi connectivity index (χ3v) is 7.24. The highest BCUT2D eigenvalue weighted by atomic mass is 15.2. The molecule has 0 amide bonds. The van der Waals surface area contributed by atoms with Crippen LogP contribution in [0.1, 0.15) is 34.4 Å². The van der Waals surface area contributed by atoms with Crippen LogP contribution in [0.3, 0.4) is 0 Å². The van der Waals surface area contributed by atoms with Crippen molar-refractivity contribution in [3.8, 4) is 11.9 Å². The standard InChI is InChI=1S/C29H22N8/c1-14-5-9-22-20(11-14)18-7-8-19-21-12-15(2)6-10-23(21)37-27(19)26(18)36(22)28-32-16(3)30-24(34-28)13-25-31-17(4)33-29(37)35-25/h5-12H,13H2,1-4H3. The predicted molar refractivity (Wildman–Crippen MR) is 144 cm³/mol. The van der Waals surface area contributed by atoms with Gasteiger partial charge in [0.1, 0.15) is 23.3 Å². The van der Waals surface area contributed by atoms with Crippen molar-refractivity contribution in [3.05, 3.63) is 83.0 Å². The maximum Gasteiger partial charge on any atom is 0.238 e. The molecule has 0 unspecified atom stereocenters. The average molecular weight is 483 g/mol. The summed E-state index contributed by atoms with van der Waals surface area (Å²) in [5.74, 6) is 3.81. The molecule has 0 N–H and O–H groups in total. The molecule has 0 saturated carbocycles. The molecule has 5 heterocycles. The Morgan fingerprint density at radius 2 is 0.973 bits per heavy atom. The highest BCUT2D eigenvalue weighted by Crippen LogP contribution is 2.41. The van der Waals surface area contributed by atoms with Gasteiger partial charge in [0, 0.05) is 21.5 Å². The highest BCUT2D eigenvalue weighted by molar-refractivity contribution is 6.23. The van der Waals surface area contributed by atoms with Crippen LogP contribution in [0.15, 0.2) is 48.5 Å². The molecule has 0 spiro atoms. The second-order valence-corrected chi connectivity index (χ2v) is 9.94. The molecule has 1 aliphatic heterocycles. The molecule has 8 nitrogen and oxygen atoms in total. The lowest BCUT2D eigenvalue weighted by Gasteiger charge is -2.10. The van der Waals surface area contributed by atoms with E-state index in [9.17, 15) is 0 Å². The minimum atomic E-state index is 0.395. The lowest BCUT2D eigenvalue weighted by atomic mass is 10.1. The number of aromatic nitrogens is 8. The maximum atomic E-state index is 4.95. The topological polar surface area (TPSA) is 87.2 Å². The van der Waals surface area contributed by atoms with Crippen molar-refractivity contribution >= 4 is 43.6 Å². The number of hydrogen-bond acceptors (Lipinski definition) is 6. The minimum absolute atomic E-state index is 0.395. The number of fused-ring (bicyclic) bond motifs is 12. The van der Waals surface area contributed by atoms with Gasteiger partial charge in [0.05, 0.1) is 28.5 Å². The van der Waals surface area contributed by atoms with Crippen LogP contribution in [0, 0.1) is 27.7 Å². The first-order valence-electron chi connectivity index (χ1n) is 12.4. The fourth-order valence-corrected chi connectivity index (χ4v) is 5.79. The lowest BCUT2D eigenvalue weighted by Crippen LogP contribution is -2.11. The van der Waals surface area contributed by atoms with Crippen molar-refractivity contribution in [2.45, 2.75) is 34.1 Å². The van der Waals surface area contributed by atoms with Gasteiger partial charge in [-0.3, -0.25) is 9.13 Å². The van der Waals surface area contributed by atoms with E-state index in [2.05, 4.69) is 81.5 Å². The van der Waals surface area contributed by atoms with E-state index in [1.54, 1.807) is 0 Å². The van der Waals surface area contributed by atoms with E-state index in [4.69, 9.17) is 19.9 Å². The van der Waals surface area contributed by atoms with Crippen molar-refractivity contribution in [2.24, 2.45) is 0 Å². The predicted octanol–water partition coefficient (Wildman–Crippen LogP) is 5.39. The normalized spacial score (nSPS) is 12.8. The molecule has 8 heteroatoms. The number of nitrogens with zero attached hydrogens (tertiary/aromatic N) is 8. The van der Waals surface area contributed by atoms with Crippen molar-refractivity contribution < 1.29 is 0 Å². The molecule has 3 aromatic carbocycles. The number of rotatable bonds is 0. The molecule has 0 fully saturated rings. The van der Waals surface area contributed by atoms with Crippen LogP contribution in [-0.4, -0.2) is 39.0 Å². The molecule has 7 aromatic rings. The number of aryl methyl sites for hydroxylation is 4. The largest absolute Gasteiger partial charge is 0.276 e. The Labute approximate surface area is 211 Å². The van der Waals surface area contributed by atoms with E-state index in [0.29, 0.717) is 41.6 Å². The Hall–Kier alpha value is -4.72. The van der Waals surface area contributed by atoms with Gasteiger partial charge in [0.15, 0.2) is 0 Å². The van der Waals surface area contributed by atoms with Crippen LogP contribution in [0.25, 0.3) is 55.5 Å². The van der Waals surface area contributed by atoms with Gasteiger partial charge < -0.3 is 0 Å². The first kappa shape index (κ1) is 20.5. The summed E-state index contributed by atoms with van der Waals surface area (Å²) < 4.78 is 4.36. The Balaban J connectivity index is 1.73. The summed E-state index contributed by atoms with van der Waals surface area (Å²) in [6.45, 7) is 8.07. The summed E-state index contributed by atoms with van der Waals surface area (Å²) in [4.78, 5) is 28.8. The van der Waals surface area contributed by atoms with Gasteiger partial charge in [0.25, 0.3) is 0 Å². The zero-order valence-electron chi connectivity index (χ0n) is 20.9. The van der Waals surface area contributed by atoms with Crippen LogP contribution < -0.4 is 0 Å². The third kappa shape index (κ3) is 2.78. The summed E-state index contributed by atoms with van der Waals surface area (Å²) in [7, 11) is 0. The first-order chi connectivity index (χ1) is 17.9. The molecule has 178 valence electrons. The first-order valence-corrected chi connectivity index (χ1v) is 12.4. The average Bonchev–Trinajstić information content (AvgIpc) is 3.35. The van der Waals surface area contributed by atoms with Crippen LogP contribution in [0.5, 0.6) is 0 Å². The van der Waals surface area contributed by atoms with Crippen LogP contribution >= 0.6 is 0 Å². The summed E-state index contributed by atoms with van der Waals surface area (Å²) in [6, 6.07) is 17.5. The molecule has 0 radical (unpaired) electrons. The smallest absolute Gasteiger partial charge is 0.238 e. The monoisotopic (exact) mass is 482 g/mol. The molecule has 8 rings (SSSR count). The minimum Gasteiger partial charge on any atom is -0.276 e. The quantitative estimate of drug-likeness (QED) is 0.288. The second kappa shape index (κ2) is 6.94. The molecule has 37 heavy (non-hydrogen) atoms. The molecule has 4 aromatic heterocycles. The van der Waals surface area contributed by atoms with E-state index in [1.807, 2.05) is 13.8 Å². The van der Waals surface area contributed by atoms with Crippen LogP contribution in [0.4, 0.5) is 0 Å². The van der Waals surface area contributed by atoms with Crippen molar-refractivity contribution in [3.63, 3.8) is 0 Å². The Morgan fingerprint density at radius 3 is 1.43 bits per heavy atom. The fourth-order valence-electron chi connectivity index (χ4n) is 5.79. The van der Waals surface area contributed by atoms with Crippen LogP contribution in [0.2, 0.25) is 0 Å². The summed E-state index contributed by atoms with van der Waals surface area (Å²) in [6.07, 6.45) is 0.395. The summed E-state index contributed by atoms with van der Waals surface area (Å²) >= 11 is 0. The fraction of sp³-hybridized carbons (Fsp3) is 0.172. The van der Waals surface area contributed by atoms with Crippen molar-refractivity contribution in [1.29, 1.82) is 0 Å². The van der Waals surface area contributed by atoms with E-state index in [0.717, 1.165) is 43.6 Å². The Kier molecular flexibility index (Phi) is 3.84. The van der Waals surface area contributed by atoms with Gasteiger partial charge in [-0.25, -0.2) is 9.97 Å². The van der Waals surface area contributed by atoms with Gasteiger partial charge in [-0.05, 0) is 52.0 Å². The van der Waals surface area contributed by atoms with Gasteiger partial charge >= 0.3 is 0 Å². The van der Waals surface area contributed by atoms with Gasteiger partial charge in [0.2, 0.25) is 11.9 Å². The molecule has 0 saturated heterocycles. The SMILES string of the molecule is Cc1ccc2c(c1)c1ccc3c4cc(C)ccc4n4c3c1n2-c1nc(C)nc(n1)Cc1nc(C)nc-4n1. The maximum absolute atomic E-state index is 4.95. The van der Waals surface area contributed by atoms with Crippen molar-refractivity contribution in [2.75, 3.05) is 0 Å². The zero-order valence-corrected chi connectivity index (χ0v) is 20.9. The van der Waals surface area contributed by atoms with E-state index in [1.165, 1.54) is 11.1 Å². The third-order valence-electron chi connectivity index (χ3n) is 7.24. The number of hydrogen-bond donors (Lipinski definition) is 0. The molecule has 1 aliphatic rings. The Morgan fingerprint density at radius 1 is 0.514 bits per heavy atom. The second-order valence-electron chi connectivity index (χ2n) is 9.94. The van der Waals surface area contributed by atoms with E-state index < -0.39 is 0 Å². The summed E-state index contributed by atoms with van der Waals surface area (Å²) in [5, 5.41) is 4.59. The van der Waals surface area contributed by atoms with Gasteiger partial charge in [-0.1, -0.05) is 35.4 Å². The van der Waals surface area contributed by atoms with E-state index in [-0.39, 0.29) is 0 Å². The zero-order chi connectivity index (χ0) is 25.0. The van der Waals surface area contributed by atoms with Crippen LogP contribution in [-0.2, 0) is 6.42 Å². The molecular weight excluding hydrogens is 460 g/mol.